The maximum Gasteiger partial charge on any atom is 0.251 e. The molecule has 0 radical (unpaired) electrons. The van der Waals surface area contributed by atoms with Crippen molar-refractivity contribution >= 4 is 22.7 Å². The Morgan fingerprint density at radius 1 is 1.07 bits per heavy atom. The van der Waals surface area contributed by atoms with Gasteiger partial charge in [0.15, 0.2) is 0 Å². The van der Waals surface area contributed by atoms with Crippen molar-refractivity contribution < 1.29 is 9.59 Å². The van der Waals surface area contributed by atoms with E-state index in [-0.39, 0.29) is 11.8 Å². The normalized spacial score (nSPS) is 16.2. The fourth-order valence-electron chi connectivity index (χ4n) is 3.61. The number of hydrogen-bond donors (Lipinski definition) is 2. The largest absolute Gasteiger partial charge is 0.354 e. The van der Waals surface area contributed by atoms with E-state index >= 15 is 0 Å². The third-order valence-electron chi connectivity index (χ3n) is 5.51. The predicted octanol–water partition coefficient (Wildman–Crippen LogP) is 3.45. The Balaban J connectivity index is 1.62. The molecule has 0 bridgehead atoms. The van der Waals surface area contributed by atoms with Crippen molar-refractivity contribution in [1.29, 1.82) is 0 Å². The van der Waals surface area contributed by atoms with Gasteiger partial charge in [0.2, 0.25) is 5.91 Å². The van der Waals surface area contributed by atoms with Crippen LogP contribution >= 0.6 is 0 Å². The molecule has 0 aliphatic carbocycles. The molecule has 4 rings (SSSR count). The number of hydrogen-bond acceptors (Lipinski definition) is 3. The summed E-state index contributed by atoms with van der Waals surface area (Å²) in [5, 5.41) is 6.67. The molecule has 28 heavy (non-hydrogen) atoms. The quantitative estimate of drug-likeness (QED) is 0.739. The number of carbonyl (C=O) groups is 2. The number of nitrogens with one attached hydrogen (secondary N) is 2. The van der Waals surface area contributed by atoms with Gasteiger partial charge in [-0.25, -0.2) is 4.98 Å². The van der Waals surface area contributed by atoms with Crippen LogP contribution in [0.1, 0.15) is 33.5 Å². The lowest BCUT2D eigenvalue weighted by molar-refractivity contribution is -0.120. The summed E-state index contributed by atoms with van der Waals surface area (Å²) in [6.45, 7) is 6.89. The predicted molar refractivity (Wildman–Crippen MR) is 110 cm³/mol. The fourth-order valence-corrected chi connectivity index (χ4v) is 3.61. The summed E-state index contributed by atoms with van der Waals surface area (Å²) in [7, 11) is 0. The van der Waals surface area contributed by atoms with Gasteiger partial charge in [0, 0.05) is 23.1 Å². The Kier molecular flexibility index (Phi) is 4.59. The highest BCUT2D eigenvalue weighted by Gasteiger charge is 2.25. The second-order valence-electron chi connectivity index (χ2n) is 7.41. The van der Waals surface area contributed by atoms with Crippen molar-refractivity contribution in [1.82, 2.24) is 15.6 Å². The number of aryl methyl sites for hydroxylation is 3. The highest BCUT2D eigenvalue weighted by molar-refractivity contribution is 5.98. The zero-order chi connectivity index (χ0) is 19.8. The van der Waals surface area contributed by atoms with E-state index in [2.05, 4.69) is 49.6 Å². The van der Waals surface area contributed by atoms with Gasteiger partial charge in [-0.3, -0.25) is 9.59 Å². The average molecular weight is 373 g/mol. The molecule has 0 spiro atoms. The maximum atomic E-state index is 12.4. The summed E-state index contributed by atoms with van der Waals surface area (Å²) in [5.74, 6) is -0.353. The summed E-state index contributed by atoms with van der Waals surface area (Å²) in [6.07, 6.45) is 0.627. The first kappa shape index (κ1) is 18.2. The van der Waals surface area contributed by atoms with E-state index in [0.717, 1.165) is 22.2 Å². The van der Waals surface area contributed by atoms with Crippen molar-refractivity contribution in [2.24, 2.45) is 0 Å². The minimum Gasteiger partial charge on any atom is -0.354 e. The summed E-state index contributed by atoms with van der Waals surface area (Å²) < 4.78 is 0. The molecule has 1 atom stereocenters. The molecular weight excluding hydrogens is 350 g/mol. The lowest BCUT2D eigenvalue weighted by Gasteiger charge is -2.12. The lowest BCUT2D eigenvalue weighted by atomic mass is 9.99. The summed E-state index contributed by atoms with van der Waals surface area (Å²) in [5.41, 5.74) is 6.99. The molecule has 142 valence electrons. The van der Waals surface area contributed by atoms with Crippen molar-refractivity contribution in [3.05, 3.63) is 64.7 Å². The first-order chi connectivity index (χ1) is 13.4. The molecule has 2 N–H and O–H groups in total. The van der Waals surface area contributed by atoms with Gasteiger partial charge in [-0.2, -0.15) is 0 Å². The van der Waals surface area contributed by atoms with Gasteiger partial charge in [0.25, 0.3) is 5.91 Å². The number of carbonyl (C=O) groups excluding carboxylic acids is 2. The van der Waals surface area contributed by atoms with E-state index in [1.54, 1.807) is 12.1 Å². The minimum absolute atomic E-state index is 0.119. The highest BCUT2D eigenvalue weighted by Crippen LogP contribution is 2.28. The zero-order valence-electron chi connectivity index (χ0n) is 16.3. The molecule has 1 aliphatic heterocycles. The van der Waals surface area contributed by atoms with Gasteiger partial charge >= 0.3 is 0 Å². The molecule has 5 nitrogen and oxygen atoms in total. The van der Waals surface area contributed by atoms with Gasteiger partial charge in [-0.1, -0.05) is 24.3 Å². The molecule has 0 unspecified atom stereocenters. The molecule has 1 saturated heterocycles. The number of amides is 2. The number of aromatic nitrogens is 1. The van der Waals surface area contributed by atoms with Gasteiger partial charge in [0.05, 0.1) is 11.2 Å². The summed E-state index contributed by atoms with van der Waals surface area (Å²) in [4.78, 5) is 28.9. The summed E-state index contributed by atoms with van der Waals surface area (Å²) >= 11 is 0. The van der Waals surface area contributed by atoms with Crippen LogP contribution in [-0.2, 0) is 4.79 Å². The van der Waals surface area contributed by atoms with Crippen molar-refractivity contribution in [2.75, 3.05) is 6.54 Å². The first-order valence-electron chi connectivity index (χ1n) is 9.50. The Bertz CT molecular complexity index is 1090. The fraction of sp³-hybridized carbons (Fsp3) is 0.261. The molecule has 0 saturated carbocycles. The van der Waals surface area contributed by atoms with E-state index in [0.29, 0.717) is 18.5 Å². The minimum atomic E-state index is -0.441. The SMILES string of the molecule is Cc1ccc2c(C)cc(-c3ccc(C(=O)N[C@H]4CCNC4=O)cc3)nc2c1C. The number of benzene rings is 2. The van der Waals surface area contributed by atoms with E-state index in [4.69, 9.17) is 4.98 Å². The Hall–Kier alpha value is -3.21. The van der Waals surface area contributed by atoms with Gasteiger partial charge in [0.1, 0.15) is 6.04 Å². The van der Waals surface area contributed by atoms with E-state index in [1.807, 2.05) is 12.1 Å². The van der Waals surface area contributed by atoms with E-state index < -0.39 is 6.04 Å². The molecule has 3 aromatic rings. The molecule has 1 fully saturated rings. The van der Waals surface area contributed by atoms with Crippen molar-refractivity contribution in [3.63, 3.8) is 0 Å². The van der Waals surface area contributed by atoms with Gasteiger partial charge in [-0.05, 0) is 62.1 Å². The molecular formula is C23H23N3O2. The zero-order valence-corrected chi connectivity index (χ0v) is 16.3. The topological polar surface area (TPSA) is 71.1 Å². The molecule has 2 aromatic carbocycles. The first-order valence-corrected chi connectivity index (χ1v) is 9.50. The number of pyridine rings is 1. The van der Waals surface area contributed by atoms with Crippen LogP contribution in [0.3, 0.4) is 0 Å². The average Bonchev–Trinajstić information content (AvgIpc) is 3.09. The monoisotopic (exact) mass is 373 g/mol. The van der Waals surface area contributed by atoms with Crippen LogP contribution in [0.25, 0.3) is 22.2 Å². The van der Waals surface area contributed by atoms with Gasteiger partial charge in [-0.15, -0.1) is 0 Å². The molecule has 2 amide bonds. The third-order valence-corrected chi connectivity index (χ3v) is 5.51. The standard InChI is InChI=1S/C23H23N3O2/c1-13-4-9-18-14(2)12-20(25-21(18)15(13)3)16-5-7-17(8-6-16)22(27)26-19-10-11-24-23(19)28/h4-9,12,19H,10-11H2,1-3H3,(H,24,28)(H,26,27)/t19-/m0/s1. The molecule has 2 heterocycles. The molecule has 1 aromatic heterocycles. The molecule has 1 aliphatic rings. The van der Waals surface area contributed by atoms with Crippen LogP contribution in [-0.4, -0.2) is 29.4 Å². The Morgan fingerprint density at radius 2 is 1.82 bits per heavy atom. The van der Waals surface area contributed by atoms with Gasteiger partial charge < -0.3 is 10.6 Å². The van der Waals surface area contributed by atoms with Crippen LogP contribution in [0.15, 0.2) is 42.5 Å². The number of rotatable bonds is 3. The molecule has 5 heteroatoms. The maximum absolute atomic E-state index is 12.4. The number of nitrogens with zero attached hydrogens (tertiary/aromatic N) is 1. The third kappa shape index (κ3) is 3.24. The van der Waals surface area contributed by atoms with Crippen molar-refractivity contribution in [2.45, 2.75) is 33.2 Å². The Labute approximate surface area is 164 Å². The smallest absolute Gasteiger partial charge is 0.251 e. The van der Waals surface area contributed by atoms with Crippen molar-refractivity contribution in [3.8, 4) is 11.3 Å². The number of fused-ring (bicyclic) bond motifs is 1. The highest BCUT2D eigenvalue weighted by atomic mass is 16.2. The van der Waals surface area contributed by atoms with E-state index in [9.17, 15) is 9.59 Å². The Morgan fingerprint density at radius 3 is 2.50 bits per heavy atom. The second-order valence-corrected chi connectivity index (χ2v) is 7.41. The second kappa shape index (κ2) is 7.08. The van der Waals surface area contributed by atoms with Crippen LogP contribution in [0, 0.1) is 20.8 Å². The summed E-state index contributed by atoms with van der Waals surface area (Å²) in [6, 6.07) is 13.3. The van der Waals surface area contributed by atoms with E-state index in [1.165, 1.54) is 16.7 Å². The van der Waals surface area contributed by atoms with Crippen LogP contribution in [0.5, 0.6) is 0 Å². The van der Waals surface area contributed by atoms with Crippen LogP contribution in [0.2, 0.25) is 0 Å². The van der Waals surface area contributed by atoms with Crippen LogP contribution < -0.4 is 10.6 Å². The van der Waals surface area contributed by atoms with Crippen LogP contribution in [0.4, 0.5) is 0 Å². The lowest BCUT2D eigenvalue weighted by Crippen LogP contribution is -2.40.